The average Bonchev–Trinajstić information content (AvgIpc) is 3.25. The Bertz CT molecular complexity index is 768. The van der Waals surface area contributed by atoms with Gasteiger partial charge in [0.1, 0.15) is 11.2 Å². The van der Waals surface area contributed by atoms with Crippen molar-refractivity contribution < 1.29 is 9.53 Å². The Balaban J connectivity index is 1.65. The van der Waals surface area contributed by atoms with Crippen LogP contribution in [-0.2, 0) is 17.7 Å². The lowest BCUT2D eigenvalue weighted by Crippen LogP contribution is -2.40. The average molecular weight is 313 g/mol. The zero-order chi connectivity index (χ0) is 16.2. The van der Waals surface area contributed by atoms with Crippen LogP contribution in [0.1, 0.15) is 56.5 Å². The van der Waals surface area contributed by atoms with Crippen LogP contribution in [0, 0.1) is 0 Å². The van der Waals surface area contributed by atoms with Crippen molar-refractivity contribution in [3.8, 4) is 0 Å². The lowest BCUT2D eigenvalue weighted by Gasteiger charge is -2.29. The van der Waals surface area contributed by atoms with Gasteiger partial charge in [0.05, 0.1) is 17.9 Å². The van der Waals surface area contributed by atoms with E-state index in [9.17, 15) is 4.79 Å². The fraction of sp³-hybridized carbons (Fsp3) is 0.556. The van der Waals surface area contributed by atoms with Gasteiger partial charge in [-0.25, -0.2) is 9.78 Å². The van der Waals surface area contributed by atoms with Crippen LogP contribution in [0.4, 0.5) is 4.79 Å². The van der Waals surface area contributed by atoms with Gasteiger partial charge in [-0.2, -0.15) is 0 Å². The Labute approximate surface area is 136 Å². The minimum atomic E-state index is -0.462. The van der Waals surface area contributed by atoms with Gasteiger partial charge in [-0.1, -0.05) is 6.07 Å². The number of rotatable bonds is 1. The maximum absolute atomic E-state index is 12.3. The summed E-state index contributed by atoms with van der Waals surface area (Å²) in [6.45, 7) is 6.94. The number of fused-ring (bicyclic) bond motifs is 3. The van der Waals surface area contributed by atoms with Crippen molar-refractivity contribution in [2.24, 2.45) is 0 Å². The molecule has 0 bridgehead atoms. The van der Waals surface area contributed by atoms with E-state index in [1.54, 1.807) is 4.90 Å². The van der Waals surface area contributed by atoms with Crippen LogP contribution in [0.15, 0.2) is 18.3 Å². The molecule has 122 valence electrons. The van der Waals surface area contributed by atoms with Crippen molar-refractivity contribution in [2.75, 3.05) is 6.54 Å². The third-order valence-electron chi connectivity index (χ3n) is 4.49. The first-order valence-electron chi connectivity index (χ1n) is 8.39. The van der Waals surface area contributed by atoms with Crippen molar-refractivity contribution in [3.63, 3.8) is 0 Å². The van der Waals surface area contributed by atoms with Gasteiger partial charge in [0.15, 0.2) is 0 Å². The molecule has 0 spiro atoms. The third kappa shape index (κ3) is 2.69. The van der Waals surface area contributed by atoms with E-state index < -0.39 is 5.60 Å². The quantitative estimate of drug-likeness (QED) is 0.809. The highest BCUT2D eigenvalue weighted by Gasteiger charge is 2.31. The van der Waals surface area contributed by atoms with Gasteiger partial charge in [-0.3, -0.25) is 0 Å². The van der Waals surface area contributed by atoms with Crippen LogP contribution in [0.5, 0.6) is 0 Å². The minimum absolute atomic E-state index is 0.239. The lowest BCUT2D eigenvalue weighted by atomic mass is 10.1. The number of aromatic nitrogens is 2. The minimum Gasteiger partial charge on any atom is -0.444 e. The molecular weight excluding hydrogens is 290 g/mol. The van der Waals surface area contributed by atoms with Gasteiger partial charge < -0.3 is 14.0 Å². The second kappa shape index (κ2) is 4.98. The van der Waals surface area contributed by atoms with Gasteiger partial charge >= 0.3 is 6.09 Å². The van der Waals surface area contributed by atoms with Gasteiger partial charge in [0, 0.05) is 19.2 Å². The Hall–Kier alpha value is -2.04. The number of hydrogen-bond acceptors (Lipinski definition) is 3. The molecule has 0 aromatic carbocycles. The van der Waals surface area contributed by atoms with Crippen LogP contribution in [0.3, 0.4) is 0 Å². The van der Waals surface area contributed by atoms with E-state index in [-0.39, 0.29) is 6.09 Å². The van der Waals surface area contributed by atoms with Crippen molar-refractivity contribution >= 4 is 11.7 Å². The Morgan fingerprint density at radius 1 is 1.35 bits per heavy atom. The summed E-state index contributed by atoms with van der Waals surface area (Å²) in [6, 6.07) is 4.28. The number of pyridine rings is 1. The molecule has 0 unspecified atom stereocenters. The smallest absolute Gasteiger partial charge is 0.410 e. The van der Waals surface area contributed by atoms with Crippen LogP contribution in [-0.4, -0.2) is 32.5 Å². The van der Waals surface area contributed by atoms with Gasteiger partial charge in [0.25, 0.3) is 0 Å². The molecule has 3 heterocycles. The van der Waals surface area contributed by atoms with Crippen molar-refractivity contribution in [1.82, 2.24) is 14.3 Å². The van der Waals surface area contributed by atoms with E-state index in [4.69, 9.17) is 9.72 Å². The molecule has 5 nitrogen and oxygen atoms in total. The molecule has 1 amide bonds. The molecule has 2 aromatic rings. The van der Waals surface area contributed by atoms with Gasteiger partial charge in [-0.05, 0) is 51.2 Å². The Kier molecular flexibility index (Phi) is 3.15. The predicted molar refractivity (Wildman–Crippen MR) is 87.5 cm³/mol. The largest absolute Gasteiger partial charge is 0.444 e. The predicted octanol–water partition coefficient (Wildman–Crippen LogP) is 3.50. The maximum Gasteiger partial charge on any atom is 0.410 e. The van der Waals surface area contributed by atoms with Gasteiger partial charge in [0.2, 0.25) is 0 Å². The summed E-state index contributed by atoms with van der Waals surface area (Å²) in [7, 11) is 0. The molecule has 0 atom stereocenters. The number of hydrogen-bond donors (Lipinski definition) is 0. The lowest BCUT2D eigenvalue weighted by molar-refractivity contribution is 0.0220. The summed E-state index contributed by atoms with van der Waals surface area (Å²) in [5, 5.41) is 0. The number of imidazole rings is 1. The Morgan fingerprint density at radius 2 is 2.13 bits per heavy atom. The highest BCUT2D eigenvalue weighted by atomic mass is 16.6. The fourth-order valence-corrected chi connectivity index (χ4v) is 3.25. The standard InChI is InChI=1S/C18H23N3O2/c1-18(2,3)23-17(22)20-10-8-14-15(11-20)21-9-4-5-13(12-6-7-12)16(21)19-14/h4-5,9,12H,6-8,10-11H2,1-3H3. The highest BCUT2D eigenvalue weighted by molar-refractivity contribution is 5.68. The van der Waals surface area contributed by atoms with Gasteiger partial charge in [-0.15, -0.1) is 0 Å². The fourth-order valence-electron chi connectivity index (χ4n) is 3.25. The van der Waals surface area contributed by atoms with Crippen LogP contribution in [0.2, 0.25) is 0 Å². The number of carbonyl (C=O) groups excluding carboxylic acids is 1. The molecule has 23 heavy (non-hydrogen) atoms. The van der Waals surface area contributed by atoms with Crippen molar-refractivity contribution in [3.05, 3.63) is 35.3 Å². The van der Waals surface area contributed by atoms with Crippen LogP contribution < -0.4 is 0 Å². The van der Waals surface area contributed by atoms with E-state index in [1.807, 2.05) is 20.8 Å². The van der Waals surface area contributed by atoms with E-state index >= 15 is 0 Å². The summed E-state index contributed by atoms with van der Waals surface area (Å²) in [5.41, 5.74) is 4.21. The summed E-state index contributed by atoms with van der Waals surface area (Å²) < 4.78 is 7.68. The molecule has 0 saturated heterocycles. The number of nitrogens with zero attached hydrogens (tertiary/aromatic N) is 3. The van der Waals surface area contributed by atoms with Crippen LogP contribution in [0.25, 0.3) is 5.65 Å². The summed E-state index contributed by atoms with van der Waals surface area (Å²) in [4.78, 5) is 19.0. The van der Waals surface area contributed by atoms with E-state index in [0.717, 1.165) is 23.5 Å². The molecule has 2 aromatic heterocycles. The molecular formula is C18H23N3O2. The van der Waals surface area contributed by atoms with E-state index in [0.29, 0.717) is 19.0 Å². The second-order valence-corrected chi connectivity index (χ2v) is 7.59. The number of ether oxygens (including phenoxy) is 1. The first-order valence-corrected chi connectivity index (χ1v) is 8.39. The molecule has 0 N–H and O–H groups in total. The number of amides is 1. The third-order valence-corrected chi connectivity index (χ3v) is 4.49. The zero-order valence-corrected chi connectivity index (χ0v) is 14.0. The number of carbonyl (C=O) groups is 1. The molecule has 1 saturated carbocycles. The topological polar surface area (TPSA) is 46.8 Å². The zero-order valence-electron chi connectivity index (χ0n) is 14.0. The first-order chi connectivity index (χ1) is 10.9. The molecule has 1 aliphatic carbocycles. The molecule has 1 fully saturated rings. The van der Waals surface area contributed by atoms with E-state index in [2.05, 4.69) is 22.7 Å². The molecule has 1 aliphatic heterocycles. The molecule has 2 aliphatic rings. The SMILES string of the molecule is CC(C)(C)OC(=O)N1CCc2nc3c(C4CC4)cccn3c2C1. The van der Waals surface area contributed by atoms with Crippen molar-refractivity contribution in [1.29, 1.82) is 0 Å². The monoisotopic (exact) mass is 313 g/mol. The first kappa shape index (κ1) is 14.5. The second-order valence-electron chi connectivity index (χ2n) is 7.59. The normalized spacial score (nSPS) is 18.1. The highest BCUT2D eigenvalue weighted by Crippen LogP contribution is 2.42. The summed E-state index contributed by atoms with van der Waals surface area (Å²) >= 11 is 0. The summed E-state index contributed by atoms with van der Waals surface area (Å²) in [6.07, 6.45) is 5.14. The van der Waals surface area contributed by atoms with Crippen LogP contribution >= 0.6 is 0 Å². The van der Waals surface area contributed by atoms with Crippen molar-refractivity contribution in [2.45, 2.75) is 58.1 Å². The maximum atomic E-state index is 12.3. The molecule has 4 rings (SSSR count). The molecule has 5 heteroatoms. The molecule has 0 radical (unpaired) electrons. The van der Waals surface area contributed by atoms with E-state index in [1.165, 1.54) is 18.4 Å². The summed E-state index contributed by atoms with van der Waals surface area (Å²) in [5.74, 6) is 0.671. The Morgan fingerprint density at radius 3 is 2.83 bits per heavy atom.